The first kappa shape index (κ1) is 26.1. The molecule has 3 aromatic carbocycles. The van der Waals surface area contributed by atoms with Crippen LogP contribution in [0.5, 0.6) is 0 Å². The Balaban J connectivity index is 1.47. The Morgan fingerprint density at radius 1 is 1.05 bits per heavy atom. The highest BCUT2D eigenvalue weighted by atomic mass is 19.1. The van der Waals surface area contributed by atoms with Gasteiger partial charge in [-0.3, -0.25) is 4.90 Å². The minimum atomic E-state index is -1.62. The molecule has 1 aliphatic rings. The number of nitrogens with zero attached hydrogens (tertiary/aromatic N) is 7. The fourth-order valence-corrected chi connectivity index (χ4v) is 5.64. The van der Waals surface area contributed by atoms with Crippen molar-refractivity contribution in [3.8, 4) is 17.5 Å². The lowest BCUT2D eigenvalue weighted by Gasteiger charge is -2.50. The van der Waals surface area contributed by atoms with Crippen LogP contribution in [0.2, 0.25) is 0 Å². The van der Waals surface area contributed by atoms with Crippen LogP contribution in [0.25, 0.3) is 16.2 Å². The number of tetrazole rings is 1. The fourth-order valence-electron chi connectivity index (χ4n) is 5.64. The fraction of sp³-hybridized carbons (Fsp3) is 0.300. The quantitative estimate of drug-likeness (QED) is 0.278. The van der Waals surface area contributed by atoms with Gasteiger partial charge in [-0.25, -0.2) is 13.6 Å². The van der Waals surface area contributed by atoms with Crippen LogP contribution in [0.15, 0.2) is 66.7 Å². The third-order valence-corrected chi connectivity index (χ3v) is 7.23. The van der Waals surface area contributed by atoms with Crippen molar-refractivity contribution in [1.29, 1.82) is 5.26 Å². The molecule has 0 aliphatic carbocycles. The molecule has 0 amide bonds. The van der Waals surface area contributed by atoms with E-state index in [4.69, 9.17) is 6.57 Å². The lowest BCUT2D eigenvalue weighted by molar-refractivity contribution is 0.00814. The smallest absolute Gasteiger partial charge is 0.205 e. The number of hydrogen-bond donors (Lipinski definition) is 0. The summed E-state index contributed by atoms with van der Waals surface area (Å²) < 4.78 is 30.6. The van der Waals surface area contributed by atoms with E-state index in [2.05, 4.69) is 31.2 Å². The average Bonchev–Trinajstić information content (AvgIpc) is 3.33. The zero-order valence-corrected chi connectivity index (χ0v) is 21.9. The first-order valence-electron chi connectivity index (χ1n) is 12.6. The minimum Gasteiger partial charge on any atom is -0.292 e. The van der Waals surface area contributed by atoms with Gasteiger partial charge in [-0.15, -0.1) is 10.2 Å². The highest BCUT2D eigenvalue weighted by Gasteiger charge is 2.45. The molecule has 7 nitrogen and oxygen atoms in total. The first-order chi connectivity index (χ1) is 18.7. The maximum absolute atomic E-state index is 15.8. The van der Waals surface area contributed by atoms with Gasteiger partial charge in [0.25, 0.3) is 0 Å². The molecule has 0 N–H and O–H groups in total. The second-order valence-electron chi connectivity index (χ2n) is 10.5. The molecule has 0 spiro atoms. The second kappa shape index (κ2) is 10.4. The standard InChI is InChI=1S/C30H27F2N7/c1-30(2,32)27(22-13-23(15-25(31)14-22)29-35-37-38(4)36-29)24-17-39(18-24)28(20-8-10-26(34-3)11-9-20)21-7-5-6-19(12-21)16-33/h5-15,24,27-28H,17-18H2,1-2,4H3. The molecular formula is C30H27F2N7. The zero-order chi connectivity index (χ0) is 27.7. The van der Waals surface area contributed by atoms with Gasteiger partial charge in [0.05, 0.1) is 31.3 Å². The van der Waals surface area contributed by atoms with E-state index in [0.717, 1.165) is 11.1 Å². The van der Waals surface area contributed by atoms with E-state index in [-0.39, 0.29) is 17.8 Å². The molecule has 39 heavy (non-hydrogen) atoms. The van der Waals surface area contributed by atoms with Crippen molar-refractivity contribution >= 4 is 5.69 Å². The summed E-state index contributed by atoms with van der Waals surface area (Å²) in [5.74, 6) is -0.857. The lowest BCUT2D eigenvalue weighted by atomic mass is 9.72. The Kier molecular flexibility index (Phi) is 6.94. The van der Waals surface area contributed by atoms with E-state index in [1.165, 1.54) is 30.8 Å². The summed E-state index contributed by atoms with van der Waals surface area (Å²) in [6.45, 7) is 11.5. The number of aromatic nitrogens is 4. The maximum atomic E-state index is 15.8. The maximum Gasteiger partial charge on any atom is 0.205 e. The van der Waals surface area contributed by atoms with Crippen molar-refractivity contribution in [3.63, 3.8) is 0 Å². The molecule has 1 fully saturated rings. The molecule has 1 aromatic heterocycles. The number of alkyl halides is 1. The van der Waals surface area contributed by atoms with Crippen LogP contribution in [0.4, 0.5) is 14.5 Å². The number of aryl methyl sites for hydroxylation is 1. The van der Waals surface area contributed by atoms with Gasteiger partial charge in [0.2, 0.25) is 5.82 Å². The lowest BCUT2D eigenvalue weighted by Crippen LogP contribution is -2.53. The van der Waals surface area contributed by atoms with Crippen LogP contribution in [-0.2, 0) is 7.05 Å². The van der Waals surface area contributed by atoms with Gasteiger partial charge in [-0.05, 0) is 72.0 Å². The number of benzene rings is 3. The van der Waals surface area contributed by atoms with Crippen LogP contribution in [0.3, 0.4) is 0 Å². The van der Waals surface area contributed by atoms with Crippen LogP contribution >= 0.6 is 0 Å². The van der Waals surface area contributed by atoms with Gasteiger partial charge in [0.1, 0.15) is 11.5 Å². The molecular weight excluding hydrogens is 496 g/mol. The molecule has 1 aliphatic heterocycles. The summed E-state index contributed by atoms with van der Waals surface area (Å²) in [6, 6.07) is 21.4. The van der Waals surface area contributed by atoms with E-state index < -0.39 is 17.4 Å². The van der Waals surface area contributed by atoms with Crippen molar-refractivity contribution in [2.75, 3.05) is 13.1 Å². The Bertz CT molecular complexity index is 1570. The van der Waals surface area contributed by atoms with Crippen molar-refractivity contribution in [2.24, 2.45) is 13.0 Å². The first-order valence-corrected chi connectivity index (χ1v) is 12.6. The van der Waals surface area contributed by atoms with Gasteiger partial charge in [-0.2, -0.15) is 10.1 Å². The topological polar surface area (TPSA) is 75.0 Å². The zero-order valence-electron chi connectivity index (χ0n) is 21.9. The SMILES string of the molecule is [C-]#[N+]c1ccc(C(c2cccc(C#N)c2)N2CC(C(c3cc(F)cc(-c4nnn(C)n4)c3)C(C)(C)F)C2)cc1. The third-order valence-electron chi connectivity index (χ3n) is 7.23. The number of hydrogen-bond acceptors (Lipinski definition) is 5. The molecule has 2 unspecified atom stereocenters. The summed E-state index contributed by atoms with van der Waals surface area (Å²) in [4.78, 5) is 7.02. The summed E-state index contributed by atoms with van der Waals surface area (Å²) >= 11 is 0. The van der Waals surface area contributed by atoms with E-state index in [9.17, 15) is 9.65 Å². The molecule has 0 radical (unpaired) electrons. The van der Waals surface area contributed by atoms with E-state index in [1.807, 2.05) is 30.3 Å². The second-order valence-corrected chi connectivity index (χ2v) is 10.5. The molecule has 0 bridgehead atoms. The van der Waals surface area contributed by atoms with Crippen LogP contribution in [0.1, 0.15) is 48.1 Å². The Morgan fingerprint density at radius 3 is 2.41 bits per heavy atom. The average molecular weight is 524 g/mol. The predicted molar refractivity (Wildman–Crippen MR) is 143 cm³/mol. The predicted octanol–water partition coefficient (Wildman–Crippen LogP) is 5.99. The van der Waals surface area contributed by atoms with Gasteiger partial charge < -0.3 is 0 Å². The molecule has 0 saturated carbocycles. The molecule has 2 heterocycles. The van der Waals surface area contributed by atoms with Gasteiger partial charge in [-0.1, -0.05) is 36.4 Å². The van der Waals surface area contributed by atoms with Gasteiger partial charge in [0.15, 0.2) is 5.69 Å². The Morgan fingerprint density at radius 2 is 1.79 bits per heavy atom. The Hall–Kier alpha value is -4.47. The molecule has 1 saturated heterocycles. The van der Waals surface area contributed by atoms with Crippen molar-refractivity contribution < 1.29 is 8.78 Å². The summed E-state index contributed by atoms with van der Waals surface area (Å²) in [5, 5.41) is 21.5. The number of likely N-dealkylation sites (tertiary alicyclic amines) is 1. The van der Waals surface area contributed by atoms with Crippen molar-refractivity contribution in [1.82, 2.24) is 25.1 Å². The number of halogens is 2. The van der Waals surface area contributed by atoms with Crippen LogP contribution in [0, 0.1) is 29.6 Å². The minimum absolute atomic E-state index is 0.0846. The number of nitriles is 1. The summed E-state index contributed by atoms with van der Waals surface area (Å²) in [7, 11) is 1.63. The molecule has 5 rings (SSSR count). The monoisotopic (exact) mass is 523 g/mol. The molecule has 9 heteroatoms. The highest BCUT2D eigenvalue weighted by molar-refractivity contribution is 5.56. The van der Waals surface area contributed by atoms with Gasteiger partial charge >= 0.3 is 0 Å². The number of rotatable bonds is 7. The van der Waals surface area contributed by atoms with Crippen LogP contribution in [-0.4, -0.2) is 43.9 Å². The van der Waals surface area contributed by atoms with Crippen molar-refractivity contribution in [2.45, 2.75) is 31.5 Å². The molecule has 196 valence electrons. The van der Waals surface area contributed by atoms with Gasteiger partial charge in [0, 0.05) is 24.6 Å². The largest absolute Gasteiger partial charge is 0.292 e. The summed E-state index contributed by atoms with van der Waals surface area (Å²) in [6.07, 6.45) is 0. The van der Waals surface area contributed by atoms with Crippen LogP contribution < -0.4 is 0 Å². The van der Waals surface area contributed by atoms with E-state index in [1.54, 1.807) is 31.3 Å². The normalized spacial score (nSPS) is 15.7. The van der Waals surface area contributed by atoms with Crippen molar-refractivity contribution in [3.05, 3.63) is 106 Å². The van der Waals surface area contributed by atoms with E-state index in [0.29, 0.717) is 35.5 Å². The Labute approximate surface area is 226 Å². The summed E-state index contributed by atoms with van der Waals surface area (Å²) in [5.41, 5.74) is 2.41. The van der Waals surface area contributed by atoms with E-state index >= 15 is 4.39 Å². The molecule has 2 atom stereocenters. The molecule has 4 aromatic rings. The third kappa shape index (κ3) is 5.41. The highest BCUT2D eigenvalue weighted by Crippen LogP contribution is 2.46.